The zero-order chi connectivity index (χ0) is 25.4. The minimum Gasteiger partial charge on any atom is -0.406 e. The predicted molar refractivity (Wildman–Crippen MR) is 135 cm³/mol. The maximum Gasteiger partial charge on any atom is 0.573 e. The van der Waals surface area contributed by atoms with Crippen molar-refractivity contribution in [1.29, 1.82) is 0 Å². The van der Waals surface area contributed by atoms with Crippen LogP contribution in [0.2, 0.25) is 16.6 Å². The second-order valence-electron chi connectivity index (χ2n) is 9.69. The summed E-state index contributed by atoms with van der Waals surface area (Å²) in [6.07, 6.45) is -4.83. The summed E-state index contributed by atoms with van der Waals surface area (Å²) in [6.45, 7) is 13.1. The molecule has 0 N–H and O–H groups in total. The zero-order valence-electron chi connectivity index (χ0n) is 20.3. The summed E-state index contributed by atoms with van der Waals surface area (Å²) in [5.41, 5.74) is 3.00. The third-order valence-corrected chi connectivity index (χ3v) is 14.8. The lowest BCUT2D eigenvalue weighted by atomic mass is 10.1. The number of carbonyl (C=O) groups excluding carboxylic acids is 1. The maximum atomic E-state index is 13.9. The van der Waals surface area contributed by atoms with Gasteiger partial charge in [0.1, 0.15) is 13.8 Å². The van der Waals surface area contributed by atoms with Gasteiger partial charge in [-0.2, -0.15) is 0 Å². The fraction of sp³-hybridized carbons (Fsp3) is 0.423. The van der Waals surface area contributed by atoms with Crippen molar-refractivity contribution in [1.82, 2.24) is 0 Å². The number of halogens is 4. The lowest BCUT2D eigenvalue weighted by Gasteiger charge is -2.43. The van der Waals surface area contributed by atoms with Crippen LogP contribution >= 0.6 is 11.6 Å². The molecule has 2 aromatic carbocycles. The smallest absolute Gasteiger partial charge is 0.406 e. The maximum absolute atomic E-state index is 13.9. The Hall–Kier alpha value is -2.25. The fourth-order valence-electron chi connectivity index (χ4n) is 5.61. The molecule has 0 radical (unpaired) electrons. The average Bonchev–Trinajstić information content (AvgIpc) is 2.98. The normalized spacial score (nSPS) is 16.0. The topological polar surface area (TPSA) is 29.5 Å². The van der Waals surface area contributed by atoms with Gasteiger partial charge in [-0.05, 0) is 34.3 Å². The highest BCUT2D eigenvalue weighted by atomic mass is 35.5. The van der Waals surface area contributed by atoms with Crippen LogP contribution in [0.1, 0.15) is 52.7 Å². The van der Waals surface area contributed by atoms with Gasteiger partial charge in [0.2, 0.25) is 0 Å². The van der Waals surface area contributed by atoms with E-state index < -0.39 is 14.4 Å². The lowest BCUT2D eigenvalue weighted by molar-refractivity contribution is -0.274. The predicted octanol–water partition coefficient (Wildman–Crippen LogP) is 8.30. The number of alkyl halides is 3. The molecular formula is C26H31ClF3NO2Si. The first-order valence-electron chi connectivity index (χ1n) is 11.5. The summed E-state index contributed by atoms with van der Waals surface area (Å²) < 4.78 is 43.5. The van der Waals surface area contributed by atoms with Gasteiger partial charge >= 0.3 is 6.36 Å². The summed E-state index contributed by atoms with van der Waals surface area (Å²) in [7, 11) is -2.39. The van der Waals surface area contributed by atoms with E-state index >= 15 is 0 Å². The highest BCUT2D eigenvalue weighted by molar-refractivity contribution is 6.98. The van der Waals surface area contributed by atoms with Gasteiger partial charge in [-0.15, -0.1) is 13.2 Å². The Labute approximate surface area is 205 Å². The highest BCUT2D eigenvalue weighted by Gasteiger charge is 2.49. The number of anilines is 1. The van der Waals surface area contributed by atoms with Crippen molar-refractivity contribution in [3.05, 3.63) is 64.3 Å². The van der Waals surface area contributed by atoms with Crippen molar-refractivity contribution in [2.24, 2.45) is 0 Å². The van der Waals surface area contributed by atoms with Crippen LogP contribution in [0.5, 0.6) is 5.75 Å². The quantitative estimate of drug-likeness (QED) is 0.277. The monoisotopic (exact) mass is 509 g/mol. The average molecular weight is 510 g/mol. The van der Waals surface area contributed by atoms with E-state index in [1.54, 1.807) is 0 Å². The molecular weight excluding hydrogens is 479 g/mol. The Bertz CT molecular complexity index is 1060. The van der Waals surface area contributed by atoms with Crippen molar-refractivity contribution in [2.45, 2.75) is 71.1 Å². The summed E-state index contributed by atoms with van der Waals surface area (Å²) >= 11 is 7.21. The van der Waals surface area contributed by atoms with Crippen LogP contribution in [0.4, 0.5) is 18.9 Å². The van der Waals surface area contributed by atoms with Gasteiger partial charge in [-0.1, -0.05) is 83.5 Å². The molecule has 3 rings (SSSR count). The van der Waals surface area contributed by atoms with Crippen molar-refractivity contribution in [3.63, 3.8) is 0 Å². The molecule has 0 spiro atoms. The molecule has 1 aliphatic rings. The van der Waals surface area contributed by atoms with E-state index in [4.69, 9.17) is 11.6 Å². The van der Waals surface area contributed by atoms with Gasteiger partial charge in [0.25, 0.3) is 5.91 Å². The molecule has 0 aliphatic carbocycles. The molecule has 0 bridgehead atoms. The Balaban J connectivity index is 2.25. The third-order valence-electron chi connectivity index (χ3n) is 6.87. The summed E-state index contributed by atoms with van der Waals surface area (Å²) in [4.78, 5) is 15.4. The molecule has 0 saturated carbocycles. The molecule has 0 unspecified atom stereocenters. The molecule has 0 atom stereocenters. The molecule has 0 fully saturated rings. The molecule has 0 aromatic heterocycles. The van der Waals surface area contributed by atoms with E-state index in [1.165, 1.54) is 23.1 Å². The van der Waals surface area contributed by atoms with Gasteiger partial charge in [-0.3, -0.25) is 4.79 Å². The molecule has 1 heterocycles. The number of carbonyl (C=O) groups is 1. The van der Waals surface area contributed by atoms with Crippen LogP contribution in [-0.4, -0.2) is 20.3 Å². The van der Waals surface area contributed by atoms with E-state index in [0.29, 0.717) is 21.5 Å². The largest absolute Gasteiger partial charge is 0.573 e. The zero-order valence-corrected chi connectivity index (χ0v) is 22.1. The van der Waals surface area contributed by atoms with E-state index in [0.717, 1.165) is 5.56 Å². The van der Waals surface area contributed by atoms with Crippen molar-refractivity contribution >= 4 is 36.8 Å². The fourth-order valence-corrected chi connectivity index (χ4v) is 14.0. The standard InChI is InChI=1S/C26H31ClF3NO2Si/c1-16(2)34(17(3)4,18(5)6)24(27)23-21-13-12-20(33-26(28,29)30)14-22(21)31(25(23)32)15-19-10-8-7-9-11-19/h7-14,16-18H,15H2,1-6H3/b24-23-. The van der Waals surface area contributed by atoms with E-state index in [1.807, 2.05) is 30.3 Å². The number of hydrogen-bond donors (Lipinski definition) is 0. The number of amides is 1. The van der Waals surface area contributed by atoms with Crippen LogP contribution in [-0.2, 0) is 11.3 Å². The second-order valence-corrected chi connectivity index (χ2v) is 16.2. The number of rotatable bonds is 7. The van der Waals surface area contributed by atoms with Crippen LogP contribution in [0, 0.1) is 0 Å². The first kappa shape index (κ1) is 26.4. The number of fused-ring (bicyclic) bond motifs is 1. The third kappa shape index (κ3) is 4.78. The van der Waals surface area contributed by atoms with Crippen molar-refractivity contribution in [3.8, 4) is 5.75 Å². The minimum atomic E-state index is -4.83. The van der Waals surface area contributed by atoms with E-state index in [-0.39, 0.29) is 34.8 Å². The number of ether oxygens (including phenoxy) is 1. The molecule has 2 aromatic rings. The van der Waals surface area contributed by atoms with Crippen LogP contribution < -0.4 is 9.64 Å². The van der Waals surface area contributed by atoms with E-state index in [2.05, 4.69) is 46.3 Å². The van der Waals surface area contributed by atoms with Gasteiger partial charge in [0.15, 0.2) is 0 Å². The van der Waals surface area contributed by atoms with Gasteiger partial charge in [0, 0.05) is 16.3 Å². The van der Waals surface area contributed by atoms with Crippen molar-refractivity contribution < 1.29 is 22.7 Å². The minimum absolute atomic E-state index is 0.218. The lowest BCUT2D eigenvalue weighted by Crippen LogP contribution is -2.46. The highest BCUT2D eigenvalue weighted by Crippen LogP contribution is 2.53. The molecule has 184 valence electrons. The first-order valence-corrected chi connectivity index (χ1v) is 14.1. The summed E-state index contributed by atoms with van der Waals surface area (Å²) in [5, 5.41) is 0. The van der Waals surface area contributed by atoms with E-state index in [9.17, 15) is 18.0 Å². The Morgan fingerprint density at radius 3 is 2.03 bits per heavy atom. The number of hydrogen-bond acceptors (Lipinski definition) is 2. The van der Waals surface area contributed by atoms with Crippen molar-refractivity contribution in [2.75, 3.05) is 4.90 Å². The Morgan fingerprint density at radius 1 is 0.971 bits per heavy atom. The Kier molecular flexibility index (Phi) is 7.58. The van der Waals surface area contributed by atoms with Crippen LogP contribution in [0.3, 0.4) is 0 Å². The molecule has 34 heavy (non-hydrogen) atoms. The Morgan fingerprint density at radius 2 is 1.53 bits per heavy atom. The van der Waals surface area contributed by atoms with Crippen LogP contribution in [0.15, 0.2) is 53.2 Å². The molecule has 0 saturated heterocycles. The summed E-state index contributed by atoms with van der Waals surface area (Å²) in [6, 6.07) is 13.4. The van der Waals surface area contributed by atoms with Crippen LogP contribution in [0.25, 0.3) is 5.57 Å². The van der Waals surface area contributed by atoms with Gasteiger partial charge < -0.3 is 9.64 Å². The van der Waals surface area contributed by atoms with Gasteiger partial charge in [0.05, 0.1) is 17.8 Å². The first-order chi connectivity index (χ1) is 15.8. The molecule has 1 amide bonds. The SMILES string of the molecule is CC(C)[Si](/C(Cl)=C1\C(=O)N(Cc2ccccc2)c2cc(OC(F)(F)F)ccc21)(C(C)C)C(C)C. The molecule has 3 nitrogen and oxygen atoms in total. The molecule has 1 aliphatic heterocycles. The molecule has 8 heteroatoms. The number of nitrogens with zero attached hydrogens (tertiary/aromatic N) is 1. The van der Waals surface area contributed by atoms with Gasteiger partial charge in [-0.25, -0.2) is 0 Å². The number of benzene rings is 2. The second kappa shape index (κ2) is 9.78. The summed E-state index contributed by atoms with van der Waals surface area (Å²) in [5.74, 6) is -0.651.